The van der Waals surface area contributed by atoms with Crippen LogP contribution in [0.15, 0.2) is 18.2 Å². The molecule has 3 nitrogen and oxygen atoms in total. The third-order valence-corrected chi connectivity index (χ3v) is 2.52. The van der Waals surface area contributed by atoms with Crippen molar-refractivity contribution in [1.29, 1.82) is 0 Å². The molecule has 1 aliphatic heterocycles. The first-order valence-electron chi connectivity index (χ1n) is 4.86. The highest BCUT2D eigenvalue weighted by Crippen LogP contribution is 2.27. The summed E-state index contributed by atoms with van der Waals surface area (Å²) in [4.78, 5) is 12.9. The van der Waals surface area contributed by atoms with Gasteiger partial charge in [0.25, 0.3) is 0 Å². The van der Waals surface area contributed by atoms with Gasteiger partial charge in [0, 0.05) is 19.0 Å². The van der Waals surface area contributed by atoms with Crippen molar-refractivity contribution < 1.29 is 13.9 Å². The zero-order chi connectivity index (χ0) is 10.8. The SMILES string of the molecule is COc1ccc(N2CCCC2=O)c(F)c1. The van der Waals surface area contributed by atoms with Gasteiger partial charge in [0.05, 0.1) is 12.8 Å². The van der Waals surface area contributed by atoms with Crippen molar-refractivity contribution >= 4 is 11.6 Å². The minimum absolute atomic E-state index is 0.0148. The Hall–Kier alpha value is -1.58. The molecule has 15 heavy (non-hydrogen) atoms. The number of hydrogen-bond donors (Lipinski definition) is 0. The highest BCUT2D eigenvalue weighted by molar-refractivity contribution is 5.95. The first-order valence-corrected chi connectivity index (χ1v) is 4.86. The number of carbonyl (C=O) groups is 1. The molecule has 1 fully saturated rings. The van der Waals surface area contributed by atoms with E-state index in [1.807, 2.05) is 0 Å². The van der Waals surface area contributed by atoms with Crippen LogP contribution in [0.25, 0.3) is 0 Å². The number of amides is 1. The minimum atomic E-state index is -0.412. The van der Waals surface area contributed by atoms with E-state index in [2.05, 4.69) is 0 Å². The molecule has 1 aromatic carbocycles. The molecule has 1 saturated heterocycles. The van der Waals surface area contributed by atoms with Crippen LogP contribution in [0.3, 0.4) is 0 Å². The normalized spacial score (nSPS) is 15.9. The van der Waals surface area contributed by atoms with Crippen LogP contribution in [0.1, 0.15) is 12.8 Å². The summed E-state index contributed by atoms with van der Waals surface area (Å²) in [5.41, 5.74) is 0.346. The van der Waals surface area contributed by atoms with E-state index in [0.717, 1.165) is 6.42 Å². The van der Waals surface area contributed by atoms with E-state index in [1.165, 1.54) is 18.1 Å². The van der Waals surface area contributed by atoms with Crippen LogP contribution in [-0.4, -0.2) is 19.6 Å². The molecule has 80 valence electrons. The number of methoxy groups -OCH3 is 1. The van der Waals surface area contributed by atoms with Crippen LogP contribution in [0.4, 0.5) is 10.1 Å². The molecule has 0 aromatic heterocycles. The minimum Gasteiger partial charge on any atom is -0.497 e. The Morgan fingerprint density at radius 3 is 2.80 bits per heavy atom. The summed E-state index contributed by atoms with van der Waals surface area (Å²) in [7, 11) is 1.48. The fourth-order valence-electron chi connectivity index (χ4n) is 1.74. The summed E-state index contributed by atoms with van der Waals surface area (Å²) in [6, 6.07) is 4.53. The first kappa shape index (κ1) is 9.96. The van der Waals surface area contributed by atoms with Gasteiger partial charge in [-0.3, -0.25) is 4.79 Å². The summed E-state index contributed by atoms with van der Waals surface area (Å²) in [5, 5.41) is 0. The average Bonchev–Trinajstić information content (AvgIpc) is 2.64. The van der Waals surface area contributed by atoms with E-state index in [9.17, 15) is 9.18 Å². The van der Waals surface area contributed by atoms with Gasteiger partial charge in [-0.1, -0.05) is 0 Å². The number of carbonyl (C=O) groups excluding carboxylic acids is 1. The van der Waals surface area contributed by atoms with E-state index >= 15 is 0 Å². The van der Waals surface area contributed by atoms with E-state index < -0.39 is 5.82 Å². The quantitative estimate of drug-likeness (QED) is 0.745. The fraction of sp³-hybridized carbons (Fsp3) is 0.364. The number of hydrogen-bond acceptors (Lipinski definition) is 2. The summed E-state index contributed by atoms with van der Waals surface area (Å²) in [5.74, 6) is 0.0339. The summed E-state index contributed by atoms with van der Waals surface area (Å²) in [6.45, 7) is 0.599. The molecule has 4 heteroatoms. The molecule has 0 unspecified atom stereocenters. The van der Waals surface area contributed by atoms with Crippen LogP contribution >= 0.6 is 0 Å². The average molecular weight is 209 g/mol. The largest absolute Gasteiger partial charge is 0.497 e. The second-order valence-electron chi connectivity index (χ2n) is 3.47. The van der Waals surface area contributed by atoms with Gasteiger partial charge in [0.1, 0.15) is 5.75 Å². The third-order valence-electron chi connectivity index (χ3n) is 2.52. The zero-order valence-electron chi connectivity index (χ0n) is 8.50. The first-order chi connectivity index (χ1) is 7.22. The highest BCUT2D eigenvalue weighted by Gasteiger charge is 2.24. The van der Waals surface area contributed by atoms with Crippen LogP contribution in [0, 0.1) is 5.82 Å². The van der Waals surface area contributed by atoms with Crippen molar-refractivity contribution in [3.05, 3.63) is 24.0 Å². The van der Waals surface area contributed by atoms with Crippen molar-refractivity contribution in [1.82, 2.24) is 0 Å². The molecular formula is C11H12FNO2. The number of anilines is 1. The van der Waals surface area contributed by atoms with Gasteiger partial charge in [0.15, 0.2) is 5.82 Å². The standard InChI is InChI=1S/C11H12FNO2/c1-15-8-4-5-10(9(12)7-8)13-6-2-3-11(13)14/h4-5,7H,2-3,6H2,1H3. The van der Waals surface area contributed by atoms with Crippen molar-refractivity contribution in [2.24, 2.45) is 0 Å². The van der Waals surface area contributed by atoms with Crippen LogP contribution in [-0.2, 0) is 4.79 Å². The van der Waals surface area contributed by atoms with Gasteiger partial charge in [-0.25, -0.2) is 4.39 Å². The predicted molar refractivity (Wildman–Crippen MR) is 54.5 cm³/mol. The molecular weight excluding hydrogens is 197 g/mol. The van der Waals surface area contributed by atoms with Crippen LogP contribution in [0.2, 0.25) is 0 Å². The van der Waals surface area contributed by atoms with Crippen LogP contribution in [0.5, 0.6) is 5.75 Å². The lowest BCUT2D eigenvalue weighted by Gasteiger charge is -2.16. The second-order valence-corrected chi connectivity index (χ2v) is 3.47. The van der Waals surface area contributed by atoms with Gasteiger partial charge >= 0.3 is 0 Å². The molecule has 0 spiro atoms. The zero-order valence-corrected chi connectivity index (χ0v) is 8.50. The van der Waals surface area contributed by atoms with Crippen LogP contribution < -0.4 is 9.64 Å². The van der Waals surface area contributed by atoms with E-state index in [1.54, 1.807) is 12.1 Å². The number of ether oxygens (including phenoxy) is 1. The Morgan fingerprint density at radius 2 is 2.27 bits per heavy atom. The lowest BCUT2D eigenvalue weighted by Crippen LogP contribution is -2.24. The Bertz CT molecular complexity index is 392. The maximum absolute atomic E-state index is 13.6. The summed E-state index contributed by atoms with van der Waals surface area (Å²) < 4.78 is 18.5. The van der Waals surface area contributed by atoms with E-state index in [0.29, 0.717) is 24.4 Å². The maximum Gasteiger partial charge on any atom is 0.227 e. The lowest BCUT2D eigenvalue weighted by atomic mass is 10.2. The van der Waals surface area contributed by atoms with Gasteiger partial charge in [-0.05, 0) is 18.6 Å². The molecule has 1 aromatic rings. The third kappa shape index (κ3) is 1.79. The van der Waals surface area contributed by atoms with Gasteiger partial charge < -0.3 is 9.64 Å². The molecule has 1 amide bonds. The molecule has 0 radical (unpaired) electrons. The van der Waals surface area contributed by atoms with Crippen molar-refractivity contribution in [2.45, 2.75) is 12.8 Å². The topological polar surface area (TPSA) is 29.5 Å². The number of rotatable bonds is 2. The number of benzene rings is 1. The number of nitrogens with zero attached hydrogens (tertiary/aromatic N) is 1. The second kappa shape index (κ2) is 3.88. The highest BCUT2D eigenvalue weighted by atomic mass is 19.1. The Labute approximate surface area is 87.5 Å². The van der Waals surface area contributed by atoms with Gasteiger partial charge in [-0.15, -0.1) is 0 Å². The van der Waals surface area contributed by atoms with Crippen molar-refractivity contribution in [3.8, 4) is 5.75 Å². The molecule has 0 N–H and O–H groups in total. The van der Waals surface area contributed by atoms with Crippen molar-refractivity contribution in [2.75, 3.05) is 18.6 Å². The molecule has 0 bridgehead atoms. The Kier molecular flexibility index (Phi) is 2.58. The molecule has 0 saturated carbocycles. The molecule has 0 aliphatic carbocycles. The van der Waals surface area contributed by atoms with Crippen molar-refractivity contribution in [3.63, 3.8) is 0 Å². The molecule has 0 atom stereocenters. The van der Waals surface area contributed by atoms with Gasteiger partial charge in [-0.2, -0.15) is 0 Å². The molecule has 2 rings (SSSR count). The smallest absolute Gasteiger partial charge is 0.227 e. The van der Waals surface area contributed by atoms with E-state index in [-0.39, 0.29) is 5.91 Å². The summed E-state index contributed by atoms with van der Waals surface area (Å²) >= 11 is 0. The molecule has 1 aliphatic rings. The lowest BCUT2D eigenvalue weighted by molar-refractivity contribution is -0.117. The number of halogens is 1. The Morgan fingerprint density at radius 1 is 1.47 bits per heavy atom. The molecule has 1 heterocycles. The predicted octanol–water partition coefficient (Wildman–Crippen LogP) is 1.96. The fourth-order valence-corrected chi connectivity index (χ4v) is 1.74. The van der Waals surface area contributed by atoms with Gasteiger partial charge in [0.2, 0.25) is 5.91 Å². The monoisotopic (exact) mass is 209 g/mol. The maximum atomic E-state index is 13.6. The Balaban J connectivity index is 2.32. The summed E-state index contributed by atoms with van der Waals surface area (Å²) in [6.07, 6.45) is 1.30. The van der Waals surface area contributed by atoms with E-state index in [4.69, 9.17) is 4.74 Å².